The molecule has 0 heterocycles. The molecule has 1 rings (SSSR count). The number of nitrogens with zero attached hydrogens (tertiary/aromatic N) is 1. The lowest BCUT2D eigenvalue weighted by Gasteiger charge is -2.38. The molecule has 1 unspecified atom stereocenters. The number of esters is 2. The normalized spacial score (nSPS) is 16.7. The molecule has 0 radical (unpaired) electrons. The minimum absolute atomic E-state index is 0.00223. The summed E-state index contributed by atoms with van der Waals surface area (Å²) < 4.78 is 10.7. The van der Waals surface area contributed by atoms with E-state index >= 15 is 0 Å². The first kappa shape index (κ1) is 31.1. The van der Waals surface area contributed by atoms with Crippen LogP contribution in [0.2, 0.25) is 0 Å². The first-order valence-electron chi connectivity index (χ1n) is 13.2. The van der Waals surface area contributed by atoms with Crippen molar-refractivity contribution in [2.75, 3.05) is 27.3 Å². The van der Waals surface area contributed by atoms with Crippen molar-refractivity contribution in [3.8, 4) is 0 Å². The van der Waals surface area contributed by atoms with Crippen molar-refractivity contribution < 1.29 is 28.7 Å². The zero-order valence-electron chi connectivity index (χ0n) is 23.7. The summed E-state index contributed by atoms with van der Waals surface area (Å²) in [4.78, 5) is 53.1. The number of rotatable bonds is 16. The van der Waals surface area contributed by atoms with Gasteiger partial charge in [0.1, 0.15) is 19.0 Å². The van der Waals surface area contributed by atoms with Gasteiger partial charge in [-0.1, -0.05) is 33.6 Å². The first-order chi connectivity index (χ1) is 16.1. The maximum atomic E-state index is 13.5. The van der Waals surface area contributed by atoms with Gasteiger partial charge in [0.25, 0.3) is 0 Å². The van der Waals surface area contributed by atoms with Crippen LogP contribution >= 0.6 is 0 Å². The second-order valence-corrected chi connectivity index (χ2v) is 12.2. The number of hydrogen-bond acceptors (Lipinski definition) is 6. The number of amides is 1. The molecule has 0 aromatic carbocycles. The topological polar surface area (TPSA) is 90.0 Å². The summed E-state index contributed by atoms with van der Waals surface area (Å²) in [6.07, 6.45) is 6.19. The summed E-state index contributed by atoms with van der Waals surface area (Å²) in [5.74, 6) is -0.580. The van der Waals surface area contributed by atoms with E-state index in [2.05, 4.69) is 6.92 Å². The van der Waals surface area contributed by atoms with Crippen molar-refractivity contribution in [1.82, 2.24) is 4.90 Å². The van der Waals surface area contributed by atoms with Gasteiger partial charge in [0.2, 0.25) is 5.91 Å². The van der Waals surface area contributed by atoms with Gasteiger partial charge in [0, 0.05) is 25.9 Å². The van der Waals surface area contributed by atoms with Gasteiger partial charge in [-0.15, -0.1) is 0 Å². The number of ketones is 1. The molecule has 0 spiro atoms. The number of unbranched alkanes of at least 4 members (excludes halogenated alkanes) is 2. The summed E-state index contributed by atoms with van der Waals surface area (Å²) in [5.41, 5.74) is -2.83. The minimum Gasteiger partial charge on any atom is -0.462 e. The zero-order valence-corrected chi connectivity index (χ0v) is 23.7. The Labute approximate surface area is 212 Å². The second-order valence-electron chi connectivity index (χ2n) is 12.2. The third kappa shape index (κ3) is 8.60. The van der Waals surface area contributed by atoms with Gasteiger partial charge in [-0.3, -0.25) is 19.2 Å². The van der Waals surface area contributed by atoms with Gasteiger partial charge >= 0.3 is 11.9 Å². The van der Waals surface area contributed by atoms with Crippen molar-refractivity contribution in [2.45, 2.75) is 106 Å². The van der Waals surface area contributed by atoms with Crippen molar-refractivity contribution >= 4 is 23.6 Å². The van der Waals surface area contributed by atoms with Crippen LogP contribution in [0.5, 0.6) is 0 Å². The molecule has 202 valence electrons. The Bertz CT molecular complexity index is 765. The fourth-order valence-electron chi connectivity index (χ4n) is 4.79. The Balaban J connectivity index is 2.90. The molecule has 1 amide bonds. The lowest BCUT2D eigenvalue weighted by atomic mass is 9.65. The lowest BCUT2D eigenvalue weighted by molar-refractivity contribution is -0.164. The van der Waals surface area contributed by atoms with E-state index in [0.717, 1.165) is 32.1 Å². The predicted molar refractivity (Wildman–Crippen MR) is 137 cm³/mol. The van der Waals surface area contributed by atoms with Crippen molar-refractivity contribution in [3.63, 3.8) is 0 Å². The average molecular weight is 496 g/mol. The highest BCUT2D eigenvalue weighted by atomic mass is 16.6. The highest BCUT2D eigenvalue weighted by Gasteiger charge is 2.56. The summed E-state index contributed by atoms with van der Waals surface area (Å²) in [7, 11) is 3.50. The maximum Gasteiger partial charge on any atom is 0.311 e. The van der Waals surface area contributed by atoms with Crippen molar-refractivity contribution in [3.05, 3.63) is 0 Å². The fourth-order valence-corrected chi connectivity index (χ4v) is 4.79. The summed E-state index contributed by atoms with van der Waals surface area (Å²) >= 11 is 0. The molecular weight excluding hydrogens is 446 g/mol. The van der Waals surface area contributed by atoms with Crippen LogP contribution in [0.3, 0.4) is 0 Å². The van der Waals surface area contributed by atoms with Crippen LogP contribution in [-0.4, -0.2) is 55.8 Å². The summed E-state index contributed by atoms with van der Waals surface area (Å²) in [5, 5.41) is 0. The molecule has 7 heteroatoms. The van der Waals surface area contributed by atoms with Crippen molar-refractivity contribution in [2.24, 2.45) is 21.7 Å². The molecule has 0 saturated heterocycles. The van der Waals surface area contributed by atoms with E-state index in [1.54, 1.807) is 32.8 Å². The van der Waals surface area contributed by atoms with E-state index in [9.17, 15) is 19.2 Å². The Hall–Kier alpha value is -1.92. The van der Waals surface area contributed by atoms with Crippen molar-refractivity contribution in [1.29, 1.82) is 0 Å². The number of Topliss-reactive ketones (excluding diaryl/α,β-unsaturated/α-hetero) is 1. The maximum absolute atomic E-state index is 13.5. The quantitative estimate of drug-likeness (QED) is 0.212. The van der Waals surface area contributed by atoms with Gasteiger partial charge in [-0.25, -0.2) is 0 Å². The average Bonchev–Trinajstić information content (AvgIpc) is 3.55. The van der Waals surface area contributed by atoms with Crippen LogP contribution < -0.4 is 0 Å². The number of hydrogen-bond donors (Lipinski definition) is 0. The van der Waals surface area contributed by atoms with Gasteiger partial charge in [0.15, 0.2) is 0 Å². The fraction of sp³-hybridized carbons (Fsp3) is 0.857. The molecular formula is C28H49NO6. The van der Waals surface area contributed by atoms with Crippen LogP contribution in [0.15, 0.2) is 0 Å². The Morgan fingerprint density at radius 1 is 0.829 bits per heavy atom. The van der Waals surface area contributed by atoms with Gasteiger partial charge < -0.3 is 14.4 Å². The molecule has 1 aliphatic carbocycles. The molecule has 0 aromatic rings. The molecule has 35 heavy (non-hydrogen) atoms. The Morgan fingerprint density at radius 2 is 1.34 bits per heavy atom. The minimum atomic E-state index is -0.931. The molecule has 1 saturated carbocycles. The molecule has 0 aromatic heterocycles. The highest BCUT2D eigenvalue weighted by molar-refractivity contribution is 5.89. The Morgan fingerprint density at radius 3 is 1.77 bits per heavy atom. The van der Waals surface area contributed by atoms with E-state index in [1.165, 1.54) is 0 Å². The largest absolute Gasteiger partial charge is 0.462 e. The van der Waals surface area contributed by atoms with E-state index in [1.807, 2.05) is 27.7 Å². The third-order valence-electron chi connectivity index (χ3n) is 7.49. The van der Waals surface area contributed by atoms with E-state index in [-0.39, 0.29) is 30.9 Å². The Kier molecular flexibility index (Phi) is 11.0. The van der Waals surface area contributed by atoms with Gasteiger partial charge in [0.05, 0.1) is 16.2 Å². The number of ether oxygens (including phenoxy) is 2. The smallest absolute Gasteiger partial charge is 0.311 e. The molecule has 1 fully saturated rings. The second kappa shape index (κ2) is 12.4. The standard InChI is InChI=1S/C28H49NO6/c1-10-12-13-14-21(30)27(7,20-28(15-16-28)22(31)29(8)9)19-26(5,6)24(33)35-18-17-34-23(32)25(3,4)11-2/h10-20H2,1-9H3. The molecule has 0 N–H and O–H groups in total. The van der Waals surface area contributed by atoms with Crippen LogP contribution in [0.1, 0.15) is 106 Å². The first-order valence-corrected chi connectivity index (χ1v) is 13.2. The highest BCUT2D eigenvalue weighted by Crippen LogP contribution is 2.57. The molecule has 0 bridgehead atoms. The van der Waals surface area contributed by atoms with Crippen LogP contribution in [0.25, 0.3) is 0 Å². The van der Waals surface area contributed by atoms with Crippen LogP contribution in [0, 0.1) is 21.7 Å². The monoisotopic (exact) mass is 495 g/mol. The number of carbonyl (C=O) groups is 4. The lowest BCUT2D eigenvalue weighted by Crippen LogP contribution is -2.42. The van der Waals surface area contributed by atoms with E-state index in [0.29, 0.717) is 25.7 Å². The predicted octanol–water partition coefficient (Wildman–Crippen LogP) is 5.34. The molecule has 0 aliphatic heterocycles. The zero-order chi connectivity index (χ0) is 27.1. The van der Waals surface area contributed by atoms with E-state index in [4.69, 9.17) is 9.47 Å². The number of carbonyl (C=O) groups excluding carboxylic acids is 4. The summed E-state index contributed by atoms with van der Waals surface area (Å²) in [6, 6.07) is 0. The molecule has 1 aliphatic rings. The SMILES string of the molecule is CCCCCC(=O)C(C)(CC(C)(C)C(=O)OCCOC(=O)C(C)(C)CC)CC1(C(=O)N(C)C)CC1. The third-order valence-corrected chi connectivity index (χ3v) is 7.49. The molecule has 7 nitrogen and oxygen atoms in total. The van der Waals surface area contributed by atoms with Gasteiger partial charge in [-0.05, 0) is 66.2 Å². The summed E-state index contributed by atoms with van der Waals surface area (Å²) in [6.45, 7) is 13.1. The van der Waals surface area contributed by atoms with E-state index < -0.39 is 27.6 Å². The van der Waals surface area contributed by atoms with Gasteiger partial charge in [-0.2, -0.15) is 0 Å². The van der Waals surface area contributed by atoms with Crippen LogP contribution in [-0.2, 0) is 28.7 Å². The molecule has 1 atom stereocenters. The van der Waals surface area contributed by atoms with Crippen LogP contribution in [0.4, 0.5) is 0 Å².